The number of hydrogen-bond acceptors (Lipinski definition) is 4. The lowest BCUT2D eigenvalue weighted by Crippen LogP contribution is -2.02. The van der Waals surface area contributed by atoms with Crippen LogP contribution in [0.1, 0.15) is 12.5 Å². The van der Waals surface area contributed by atoms with E-state index in [4.69, 9.17) is 0 Å². The van der Waals surface area contributed by atoms with Crippen molar-refractivity contribution in [3.8, 4) is 0 Å². The fourth-order valence-corrected chi connectivity index (χ4v) is 0.875. The number of ether oxygens (including phenoxy) is 1. The summed E-state index contributed by atoms with van der Waals surface area (Å²) in [5.41, 5.74) is 1.52. The molecule has 0 aliphatic heterocycles. The summed E-state index contributed by atoms with van der Waals surface area (Å²) in [6, 6.07) is 9.41. The number of rotatable bonds is 2. The summed E-state index contributed by atoms with van der Waals surface area (Å²) in [5.74, 6) is 0. The second-order valence-corrected chi connectivity index (χ2v) is 2.59. The van der Waals surface area contributed by atoms with Crippen molar-refractivity contribution in [2.24, 2.45) is 5.16 Å². The van der Waals surface area contributed by atoms with Crippen molar-refractivity contribution in [1.29, 1.82) is 0 Å². The molecule has 0 radical (unpaired) electrons. The van der Waals surface area contributed by atoms with Gasteiger partial charge in [-0.3, -0.25) is 4.84 Å². The van der Waals surface area contributed by atoms with Gasteiger partial charge >= 0.3 is 6.16 Å². The van der Waals surface area contributed by atoms with Crippen molar-refractivity contribution in [2.45, 2.75) is 6.92 Å². The maximum absolute atomic E-state index is 10.6. The van der Waals surface area contributed by atoms with Crippen LogP contribution in [0.5, 0.6) is 0 Å². The zero-order valence-corrected chi connectivity index (χ0v) is 8.06. The molecule has 0 aliphatic rings. The van der Waals surface area contributed by atoms with Crippen molar-refractivity contribution in [1.82, 2.24) is 0 Å². The molecule has 0 heterocycles. The smallest absolute Gasteiger partial charge is 0.436 e. The van der Waals surface area contributed by atoms with Gasteiger partial charge in [0.15, 0.2) is 0 Å². The molecule has 0 unspecified atom stereocenters. The molecule has 1 rings (SSSR count). The lowest BCUT2D eigenvalue weighted by molar-refractivity contribution is 0.0753. The van der Waals surface area contributed by atoms with Gasteiger partial charge in [-0.2, -0.15) is 0 Å². The van der Waals surface area contributed by atoms with Gasteiger partial charge in [0, 0.05) is 0 Å². The maximum atomic E-state index is 10.6. The second kappa shape index (κ2) is 5.01. The first-order valence-electron chi connectivity index (χ1n) is 4.09. The van der Waals surface area contributed by atoms with E-state index < -0.39 is 6.16 Å². The van der Waals surface area contributed by atoms with Crippen molar-refractivity contribution < 1.29 is 14.4 Å². The van der Waals surface area contributed by atoms with E-state index >= 15 is 0 Å². The summed E-state index contributed by atoms with van der Waals surface area (Å²) >= 11 is 0. The van der Waals surface area contributed by atoms with Crippen LogP contribution in [0.3, 0.4) is 0 Å². The third-order valence-corrected chi connectivity index (χ3v) is 1.62. The minimum atomic E-state index is -0.819. The van der Waals surface area contributed by atoms with Crippen LogP contribution in [0.25, 0.3) is 0 Å². The molecule has 0 bridgehead atoms. The molecule has 4 nitrogen and oxygen atoms in total. The van der Waals surface area contributed by atoms with Gasteiger partial charge in [0.05, 0.1) is 12.8 Å². The Labute approximate surface area is 82.1 Å². The van der Waals surface area contributed by atoms with Crippen LogP contribution in [-0.2, 0) is 9.57 Å². The molecule has 0 fully saturated rings. The van der Waals surface area contributed by atoms with Gasteiger partial charge in [-0.1, -0.05) is 35.5 Å². The molecule has 1 aromatic rings. The fourth-order valence-electron chi connectivity index (χ4n) is 0.875. The van der Waals surface area contributed by atoms with Crippen molar-refractivity contribution in [2.75, 3.05) is 7.11 Å². The Morgan fingerprint density at radius 2 is 1.93 bits per heavy atom. The monoisotopic (exact) mass is 193 g/mol. The Balaban J connectivity index is 2.66. The summed E-state index contributed by atoms with van der Waals surface area (Å²) < 4.78 is 4.27. The molecule has 0 N–H and O–H groups in total. The first-order valence-corrected chi connectivity index (χ1v) is 4.09. The highest BCUT2D eigenvalue weighted by Gasteiger charge is 2.00. The molecule has 0 atom stereocenters. The van der Waals surface area contributed by atoms with Crippen molar-refractivity contribution in [3.63, 3.8) is 0 Å². The Bertz CT molecular complexity index is 332. The molecule has 0 spiro atoms. The Hall–Kier alpha value is -1.84. The highest BCUT2D eigenvalue weighted by atomic mass is 16.8. The van der Waals surface area contributed by atoms with Gasteiger partial charge in [0.2, 0.25) is 0 Å². The summed E-state index contributed by atoms with van der Waals surface area (Å²) in [4.78, 5) is 15.0. The van der Waals surface area contributed by atoms with E-state index in [1.54, 1.807) is 6.92 Å². The van der Waals surface area contributed by atoms with E-state index in [0.29, 0.717) is 5.71 Å². The molecule has 0 aromatic heterocycles. The highest BCUT2D eigenvalue weighted by molar-refractivity contribution is 5.98. The number of nitrogens with zero attached hydrogens (tertiary/aromatic N) is 1. The fraction of sp³-hybridized carbons (Fsp3) is 0.200. The number of hydrogen-bond donors (Lipinski definition) is 0. The largest absolute Gasteiger partial charge is 0.534 e. The minimum Gasteiger partial charge on any atom is -0.436 e. The SMILES string of the molecule is COC(=O)ON=C(C)c1ccccc1. The maximum Gasteiger partial charge on any atom is 0.534 e. The predicted octanol–water partition coefficient (Wildman–Crippen LogP) is 2.19. The minimum absolute atomic E-state index is 0.621. The lowest BCUT2D eigenvalue weighted by atomic mass is 10.1. The number of carbonyl (C=O) groups excluding carboxylic acids is 1. The average Bonchev–Trinajstić information content (AvgIpc) is 2.26. The van der Waals surface area contributed by atoms with Crippen LogP contribution in [0.2, 0.25) is 0 Å². The second-order valence-electron chi connectivity index (χ2n) is 2.59. The standard InChI is InChI=1S/C10H11NO3/c1-8(11-14-10(12)13-2)9-6-4-3-5-7-9/h3-7H,1-2H3. The third kappa shape index (κ3) is 2.90. The Morgan fingerprint density at radius 1 is 1.29 bits per heavy atom. The predicted molar refractivity (Wildman–Crippen MR) is 52.1 cm³/mol. The van der Waals surface area contributed by atoms with Gasteiger partial charge in [-0.15, -0.1) is 0 Å². The van der Waals surface area contributed by atoms with Gasteiger partial charge in [0.25, 0.3) is 0 Å². The molecule has 1 aromatic carbocycles. The van der Waals surface area contributed by atoms with E-state index in [-0.39, 0.29) is 0 Å². The molecule has 4 heteroatoms. The van der Waals surface area contributed by atoms with E-state index in [0.717, 1.165) is 5.56 Å². The van der Waals surface area contributed by atoms with Crippen molar-refractivity contribution in [3.05, 3.63) is 35.9 Å². The van der Waals surface area contributed by atoms with Crippen LogP contribution in [0.15, 0.2) is 35.5 Å². The van der Waals surface area contributed by atoms with Crippen molar-refractivity contribution >= 4 is 11.9 Å². The number of carbonyl (C=O) groups is 1. The van der Waals surface area contributed by atoms with Crippen LogP contribution >= 0.6 is 0 Å². The zero-order valence-electron chi connectivity index (χ0n) is 8.06. The molecule has 74 valence electrons. The summed E-state index contributed by atoms with van der Waals surface area (Å²) in [6.45, 7) is 1.75. The quantitative estimate of drug-likeness (QED) is 0.313. The molecule has 14 heavy (non-hydrogen) atoms. The first-order chi connectivity index (χ1) is 6.74. The van der Waals surface area contributed by atoms with Crippen LogP contribution in [-0.4, -0.2) is 19.0 Å². The van der Waals surface area contributed by atoms with Gasteiger partial charge in [0.1, 0.15) is 0 Å². The molecular weight excluding hydrogens is 182 g/mol. The van der Waals surface area contributed by atoms with Crippen LogP contribution in [0.4, 0.5) is 4.79 Å². The third-order valence-electron chi connectivity index (χ3n) is 1.62. The Morgan fingerprint density at radius 3 is 2.50 bits per heavy atom. The molecule has 0 saturated heterocycles. The average molecular weight is 193 g/mol. The lowest BCUT2D eigenvalue weighted by Gasteiger charge is -1.99. The Kier molecular flexibility index (Phi) is 3.67. The van der Waals surface area contributed by atoms with E-state index in [2.05, 4.69) is 14.7 Å². The molecule has 0 saturated carbocycles. The highest BCUT2D eigenvalue weighted by Crippen LogP contribution is 2.01. The van der Waals surface area contributed by atoms with Crippen LogP contribution in [0, 0.1) is 0 Å². The number of benzene rings is 1. The van der Waals surface area contributed by atoms with Gasteiger partial charge < -0.3 is 4.74 Å². The van der Waals surface area contributed by atoms with E-state index in [9.17, 15) is 4.79 Å². The van der Waals surface area contributed by atoms with E-state index in [1.165, 1.54) is 7.11 Å². The molecule has 0 amide bonds. The van der Waals surface area contributed by atoms with Gasteiger partial charge in [-0.25, -0.2) is 4.79 Å². The van der Waals surface area contributed by atoms with Crippen LogP contribution < -0.4 is 0 Å². The summed E-state index contributed by atoms with van der Waals surface area (Å²) in [7, 11) is 1.23. The van der Waals surface area contributed by atoms with E-state index in [1.807, 2.05) is 30.3 Å². The van der Waals surface area contributed by atoms with Gasteiger partial charge in [-0.05, 0) is 12.5 Å². The topological polar surface area (TPSA) is 47.9 Å². The zero-order chi connectivity index (χ0) is 10.4. The molecular formula is C10H11NO3. The summed E-state index contributed by atoms with van der Waals surface area (Å²) in [5, 5.41) is 3.61. The first kappa shape index (κ1) is 10.2. The molecule has 0 aliphatic carbocycles. The number of oxime groups is 1. The summed E-state index contributed by atoms with van der Waals surface area (Å²) in [6.07, 6.45) is -0.819. The normalized spacial score (nSPS) is 10.9. The number of methoxy groups -OCH3 is 1.